The first-order valence-electron chi connectivity index (χ1n) is 17.2. The van der Waals surface area contributed by atoms with Crippen LogP contribution in [0.4, 0.5) is 23.9 Å². The molecule has 2 saturated carbocycles. The first-order valence-corrected chi connectivity index (χ1v) is 18.7. The normalized spacial score (nSPS) is 20.7. The number of carbonyl (C=O) groups is 2. The van der Waals surface area contributed by atoms with E-state index in [9.17, 15) is 31.2 Å². The number of amides is 1. The molecule has 282 valence electrons. The van der Waals surface area contributed by atoms with Crippen molar-refractivity contribution < 1.29 is 40.7 Å². The van der Waals surface area contributed by atoms with E-state index in [2.05, 4.69) is 26.9 Å². The molecule has 0 bridgehead atoms. The average Bonchev–Trinajstić information content (AvgIpc) is 3.86. The maximum atomic E-state index is 14.3. The van der Waals surface area contributed by atoms with E-state index in [4.69, 9.17) is 9.47 Å². The molecule has 2 aliphatic rings. The first kappa shape index (κ1) is 39.0. The zero-order valence-electron chi connectivity index (χ0n) is 30.2. The number of likely N-dealkylation sites (N-methyl/N-ethyl adjacent to an activating group) is 1. The molecule has 0 radical (unpaired) electrons. The van der Waals surface area contributed by atoms with Crippen LogP contribution in [0.15, 0.2) is 53.4 Å². The fourth-order valence-electron chi connectivity index (χ4n) is 7.37. The maximum absolute atomic E-state index is 14.3. The summed E-state index contributed by atoms with van der Waals surface area (Å²) >= 11 is 0. The molecule has 1 aromatic heterocycles. The Hall–Kier alpha value is -4.24. The van der Waals surface area contributed by atoms with Gasteiger partial charge in [-0.05, 0) is 95.0 Å². The number of nitrogens with one attached hydrogen (secondary N) is 2. The monoisotopic (exact) mass is 745 g/mol. The minimum absolute atomic E-state index is 0.0161. The molecule has 2 aliphatic carbocycles. The highest BCUT2D eigenvalue weighted by atomic mass is 32.2. The Morgan fingerprint density at radius 2 is 1.73 bits per heavy atom. The minimum atomic E-state index is -4.38. The number of nitrogens with zero attached hydrogens (tertiary/aromatic N) is 3. The molecule has 1 heterocycles. The molecule has 2 aromatic carbocycles. The number of hydrogen-bond acceptors (Lipinski definition) is 9. The maximum Gasteiger partial charge on any atom is 0.407 e. The number of methoxy groups -OCH3 is 1. The largest absolute Gasteiger partial charge is 0.476 e. The number of sulfonamides is 1. The van der Waals surface area contributed by atoms with Gasteiger partial charge in [0.1, 0.15) is 12.9 Å². The van der Waals surface area contributed by atoms with Crippen LogP contribution >= 0.6 is 0 Å². The molecule has 2 fully saturated rings. The summed E-state index contributed by atoms with van der Waals surface area (Å²) in [6.45, 7) is 7.69. The van der Waals surface area contributed by atoms with Crippen molar-refractivity contribution in [3.63, 3.8) is 0 Å². The van der Waals surface area contributed by atoms with Crippen LogP contribution < -0.4 is 14.8 Å². The van der Waals surface area contributed by atoms with Crippen LogP contribution in [0.25, 0.3) is 11.3 Å². The third-order valence-corrected chi connectivity index (χ3v) is 11.8. The lowest BCUT2D eigenvalue weighted by atomic mass is 9.63. The Bertz CT molecular complexity index is 1880. The first-order chi connectivity index (χ1) is 24.4. The van der Waals surface area contributed by atoms with Crippen molar-refractivity contribution >= 4 is 28.4 Å². The van der Waals surface area contributed by atoms with Crippen molar-refractivity contribution in [2.45, 2.75) is 95.4 Å². The van der Waals surface area contributed by atoms with Gasteiger partial charge in [-0.15, -0.1) is 0 Å². The average molecular weight is 746 g/mol. The Morgan fingerprint density at radius 1 is 1.08 bits per heavy atom. The van der Waals surface area contributed by atoms with Gasteiger partial charge in [0.15, 0.2) is 0 Å². The summed E-state index contributed by atoms with van der Waals surface area (Å²) in [7, 11) is -1.14. The highest BCUT2D eigenvalue weighted by Gasteiger charge is 2.63. The number of halogens is 3. The van der Waals surface area contributed by atoms with E-state index in [1.165, 1.54) is 31.4 Å². The van der Waals surface area contributed by atoms with Gasteiger partial charge in [-0.2, -0.15) is 18.2 Å². The molecule has 5 rings (SSSR count). The molecule has 2 atom stereocenters. The molecule has 11 nitrogen and oxygen atoms in total. The molecule has 0 unspecified atom stereocenters. The third kappa shape index (κ3) is 8.85. The molecule has 52 heavy (non-hydrogen) atoms. The van der Waals surface area contributed by atoms with Crippen LogP contribution in [-0.2, 0) is 14.8 Å². The van der Waals surface area contributed by atoms with Crippen LogP contribution in [0.1, 0.15) is 73.9 Å². The lowest BCUT2D eigenvalue weighted by Gasteiger charge is -2.48. The van der Waals surface area contributed by atoms with Crippen molar-refractivity contribution in [3.8, 4) is 17.1 Å². The second-order valence-electron chi connectivity index (χ2n) is 14.7. The van der Waals surface area contributed by atoms with Gasteiger partial charge in [0, 0.05) is 35.3 Å². The van der Waals surface area contributed by atoms with Gasteiger partial charge in [0.25, 0.3) is 10.0 Å². The number of alkyl carbamates (subject to hydrolysis) is 1. The number of benzene rings is 2. The van der Waals surface area contributed by atoms with Crippen molar-refractivity contribution in [3.05, 3.63) is 65.2 Å². The number of anilines is 1. The van der Waals surface area contributed by atoms with Crippen molar-refractivity contribution in [1.29, 1.82) is 0 Å². The Balaban J connectivity index is 1.42. The Labute approximate surface area is 302 Å². The second-order valence-corrected chi connectivity index (χ2v) is 16.4. The molecule has 15 heteroatoms. The zero-order chi connectivity index (χ0) is 38.1. The molecule has 0 spiro atoms. The van der Waals surface area contributed by atoms with E-state index in [-0.39, 0.29) is 65.7 Å². The highest BCUT2D eigenvalue weighted by Crippen LogP contribution is 2.61. The van der Waals surface area contributed by atoms with Crippen molar-refractivity contribution in [1.82, 2.24) is 20.2 Å². The van der Waals surface area contributed by atoms with E-state index >= 15 is 0 Å². The summed E-state index contributed by atoms with van der Waals surface area (Å²) in [4.78, 5) is 33.6. The topological polar surface area (TPSA) is 140 Å². The quantitative estimate of drug-likeness (QED) is 0.156. The van der Waals surface area contributed by atoms with Crippen molar-refractivity contribution in [2.75, 3.05) is 25.5 Å². The number of hydrogen-bond donors (Lipinski definition) is 2. The zero-order valence-corrected chi connectivity index (χ0v) is 31.0. The van der Waals surface area contributed by atoms with Crippen molar-refractivity contribution in [2.24, 2.45) is 10.8 Å². The molecule has 3 aromatic rings. The number of rotatable bonds is 15. The third-order valence-electron chi connectivity index (χ3n) is 10.5. The summed E-state index contributed by atoms with van der Waals surface area (Å²) in [5, 5.41) is 2.81. The molecule has 1 amide bonds. The van der Waals surface area contributed by atoms with Gasteiger partial charge in [0.05, 0.1) is 23.1 Å². The highest BCUT2D eigenvalue weighted by molar-refractivity contribution is 7.92. The number of aldehydes is 1. The van der Waals surface area contributed by atoms with E-state index in [0.717, 1.165) is 16.7 Å². The van der Waals surface area contributed by atoms with Gasteiger partial charge in [0.2, 0.25) is 11.8 Å². The summed E-state index contributed by atoms with van der Waals surface area (Å²) in [6.07, 6.45) is -2.33. The molecular formula is C37H46F3N5O6S. The predicted octanol–water partition coefficient (Wildman–Crippen LogP) is 7.09. The molecular weight excluding hydrogens is 699 g/mol. The number of aryl methyl sites for hydroxylation is 2. The van der Waals surface area contributed by atoms with E-state index in [1.807, 2.05) is 43.9 Å². The van der Waals surface area contributed by atoms with Crippen LogP contribution in [0.5, 0.6) is 5.88 Å². The summed E-state index contributed by atoms with van der Waals surface area (Å²) in [5.74, 6) is -0.315. The van der Waals surface area contributed by atoms with Crippen LogP contribution in [0, 0.1) is 24.7 Å². The second kappa shape index (κ2) is 15.0. The number of alkyl halides is 3. The van der Waals surface area contributed by atoms with Gasteiger partial charge >= 0.3 is 12.3 Å². The van der Waals surface area contributed by atoms with Gasteiger partial charge in [-0.1, -0.05) is 37.3 Å². The van der Waals surface area contributed by atoms with E-state index < -0.39 is 33.7 Å². The molecule has 0 aliphatic heterocycles. The summed E-state index contributed by atoms with van der Waals surface area (Å²) in [5.41, 5.74) is 1.03. The van der Waals surface area contributed by atoms with Crippen LogP contribution in [0.3, 0.4) is 0 Å². The Morgan fingerprint density at radius 3 is 2.33 bits per heavy atom. The molecule has 0 saturated heterocycles. The number of carbonyl (C=O) groups excluding carboxylic acids is 2. The SMILES string of the molecule is COC(=O)N[C@H]1C[C@](C)(C[C@H](C)N(C)[C@@H](COc2cc(-c3c(C)cccc3C)nc(NS(=O)(=O)c3cccc(C=O)c3)n2)CC2(C(F)(F)F)CC2)C1. The van der Waals surface area contributed by atoms with Gasteiger partial charge < -0.3 is 14.8 Å². The lowest BCUT2D eigenvalue weighted by Crippen LogP contribution is -2.53. The summed E-state index contributed by atoms with van der Waals surface area (Å²) in [6, 6.07) is 11.8. The minimum Gasteiger partial charge on any atom is -0.476 e. The fraction of sp³-hybridized carbons (Fsp3) is 0.514. The van der Waals surface area contributed by atoms with Gasteiger partial charge in [-0.25, -0.2) is 22.9 Å². The predicted molar refractivity (Wildman–Crippen MR) is 190 cm³/mol. The lowest BCUT2D eigenvalue weighted by molar-refractivity contribution is -0.193. The summed E-state index contributed by atoms with van der Waals surface area (Å²) < 4.78 is 83.0. The van der Waals surface area contributed by atoms with Crippen LogP contribution in [-0.4, -0.2) is 80.7 Å². The van der Waals surface area contributed by atoms with Gasteiger partial charge in [-0.3, -0.25) is 9.69 Å². The number of aromatic nitrogens is 2. The number of ether oxygens (including phenoxy) is 2. The molecule has 2 N–H and O–H groups in total. The standard InChI is InChI=1S/C37H46F3N5O6S/c1-23-9-7-10-24(2)32(23)30-16-31(43-33(42-30)44-52(48,49)29-12-8-11-26(15-29)21-46)51-22-28(20-36(13-14-36)37(38,39)40)45(5)25(3)17-35(4)18-27(19-35)41-34(47)50-6/h7-12,15-16,21,25,27-28H,13-14,17-20,22H2,1-6H3,(H,41,47)(H,42,43,44)/t25-,27-,28+,35-/m0/s1. The van der Waals surface area contributed by atoms with Crippen LogP contribution in [0.2, 0.25) is 0 Å². The van der Waals surface area contributed by atoms with E-state index in [0.29, 0.717) is 31.2 Å². The van der Waals surface area contributed by atoms with E-state index in [1.54, 1.807) is 13.1 Å². The fourth-order valence-corrected chi connectivity index (χ4v) is 8.37. The Kier molecular flexibility index (Phi) is 11.3. The smallest absolute Gasteiger partial charge is 0.407 e.